The average Bonchev–Trinajstić information content (AvgIpc) is 3.55. The van der Waals surface area contributed by atoms with E-state index in [1.54, 1.807) is 36.5 Å². The quantitative estimate of drug-likeness (QED) is 0.167. The normalized spacial score (nSPS) is 15.8. The summed E-state index contributed by atoms with van der Waals surface area (Å²) in [5.41, 5.74) is 4.91. The van der Waals surface area contributed by atoms with Crippen molar-refractivity contribution in [2.45, 2.75) is 27.4 Å². The molecule has 4 aromatic heterocycles. The van der Waals surface area contributed by atoms with E-state index in [2.05, 4.69) is 27.1 Å². The second kappa shape index (κ2) is 13.2. The van der Waals surface area contributed by atoms with Crippen molar-refractivity contribution in [1.82, 2.24) is 15.0 Å². The zero-order valence-corrected chi connectivity index (χ0v) is 26.4. The van der Waals surface area contributed by atoms with Crippen LogP contribution in [0.15, 0.2) is 120 Å². The van der Waals surface area contributed by atoms with Crippen LogP contribution in [0.5, 0.6) is 0 Å². The first-order valence-electron chi connectivity index (χ1n) is 20.0. The van der Waals surface area contributed by atoms with Gasteiger partial charge in [-0.15, -0.1) is 53.6 Å². The molecule has 1 radical (unpaired) electrons. The third-order valence-electron chi connectivity index (χ3n) is 7.41. The molecule has 0 fully saturated rings. The van der Waals surface area contributed by atoms with Crippen LogP contribution in [0.3, 0.4) is 0 Å². The summed E-state index contributed by atoms with van der Waals surface area (Å²) >= 11 is 0. The Kier molecular flexibility index (Phi) is 5.60. The van der Waals surface area contributed by atoms with E-state index in [4.69, 9.17) is 20.9 Å². The summed E-state index contributed by atoms with van der Waals surface area (Å²) in [6.45, 7) is -9.01. The molecular formula is C41H31IrN3O-2. The Hall–Kier alpha value is -4.96. The molecule has 0 N–H and O–H groups in total. The Bertz CT molecular complexity index is 2680. The summed E-state index contributed by atoms with van der Waals surface area (Å²) in [7, 11) is 0. The summed E-state index contributed by atoms with van der Waals surface area (Å²) in [5, 5.41) is 2.99. The molecule has 0 saturated carbocycles. The number of furan rings is 1. The SMILES string of the molecule is [2H]C([2H])([2H])c1c[c-]c(-c2ccc(C([2H])([2H])[2H])cn2)cc1.[2H]C([2H])([2H])c1ccc2c(n1)oc1c(-c3cc(-c4ccc5ccccc5c4C([2H])([2H])[2H])ccn3)[c-]ccc12.[Ir]. The molecule has 227 valence electrons. The largest absolute Gasteiger partial charge is 0.486 e. The minimum Gasteiger partial charge on any atom is -0.486 e. The number of benzene rings is 4. The van der Waals surface area contributed by atoms with Gasteiger partial charge in [0.05, 0.1) is 5.58 Å². The molecular weight excluding hydrogens is 743 g/mol. The van der Waals surface area contributed by atoms with Crippen LogP contribution in [0.4, 0.5) is 0 Å². The van der Waals surface area contributed by atoms with Crippen LogP contribution < -0.4 is 0 Å². The molecule has 0 unspecified atom stereocenters. The fourth-order valence-corrected chi connectivity index (χ4v) is 5.20. The van der Waals surface area contributed by atoms with Gasteiger partial charge in [0.1, 0.15) is 0 Å². The molecule has 0 amide bonds. The van der Waals surface area contributed by atoms with Gasteiger partial charge in [0.25, 0.3) is 0 Å². The number of nitrogens with zero attached hydrogens (tertiary/aromatic N) is 3. The molecule has 0 atom stereocenters. The first-order chi connectivity index (χ1) is 26.8. The smallest absolute Gasteiger partial charge is 0.216 e. The molecule has 0 aliphatic carbocycles. The van der Waals surface area contributed by atoms with E-state index in [1.165, 1.54) is 30.5 Å². The van der Waals surface area contributed by atoms with E-state index in [9.17, 15) is 0 Å². The number of aromatic nitrogens is 3. The van der Waals surface area contributed by atoms with Gasteiger partial charge >= 0.3 is 0 Å². The van der Waals surface area contributed by atoms with Crippen molar-refractivity contribution in [3.63, 3.8) is 0 Å². The Morgan fingerprint density at radius 3 is 2.43 bits per heavy atom. The van der Waals surface area contributed by atoms with E-state index in [0.717, 1.165) is 10.8 Å². The molecule has 4 aromatic carbocycles. The van der Waals surface area contributed by atoms with Crippen molar-refractivity contribution in [3.8, 4) is 33.6 Å². The van der Waals surface area contributed by atoms with Crippen molar-refractivity contribution in [2.24, 2.45) is 0 Å². The van der Waals surface area contributed by atoms with Crippen LogP contribution in [0, 0.1) is 39.5 Å². The monoisotopic (exact) mass is 786 g/mol. The zero-order chi connectivity index (χ0) is 40.9. The molecule has 0 aliphatic rings. The van der Waals surface area contributed by atoms with Crippen molar-refractivity contribution in [3.05, 3.63) is 150 Å². The third kappa shape index (κ3) is 6.12. The van der Waals surface area contributed by atoms with Gasteiger partial charge in [-0.25, -0.2) is 4.98 Å². The molecule has 4 heterocycles. The number of pyridine rings is 3. The van der Waals surface area contributed by atoms with E-state index < -0.39 is 27.4 Å². The van der Waals surface area contributed by atoms with Crippen molar-refractivity contribution in [2.75, 3.05) is 0 Å². The van der Waals surface area contributed by atoms with E-state index in [0.29, 0.717) is 50.0 Å². The third-order valence-corrected chi connectivity index (χ3v) is 7.41. The maximum absolute atomic E-state index is 8.24. The second-order valence-corrected chi connectivity index (χ2v) is 10.3. The van der Waals surface area contributed by atoms with Crippen LogP contribution in [0.1, 0.15) is 38.8 Å². The Morgan fingerprint density at radius 1 is 0.717 bits per heavy atom. The summed E-state index contributed by atoms with van der Waals surface area (Å²) in [5.74, 6) is 0. The average molecular weight is 786 g/mol. The summed E-state index contributed by atoms with van der Waals surface area (Å²) in [6, 6.07) is 35.2. The molecule has 0 spiro atoms. The van der Waals surface area contributed by atoms with Gasteiger partial charge in [0, 0.05) is 60.0 Å². The van der Waals surface area contributed by atoms with E-state index in [-0.39, 0.29) is 48.2 Å². The topological polar surface area (TPSA) is 51.8 Å². The maximum Gasteiger partial charge on any atom is 0.216 e. The number of aryl methyl sites for hydroxylation is 4. The Labute approximate surface area is 299 Å². The summed E-state index contributed by atoms with van der Waals surface area (Å²) in [4.78, 5) is 12.8. The van der Waals surface area contributed by atoms with Gasteiger partial charge in [0.15, 0.2) is 0 Å². The molecule has 8 rings (SSSR count). The maximum atomic E-state index is 8.24. The molecule has 8 aromatic rings. The van der Waals surface area contributed by atoms with Crippen molar-refractivity contribution >= 4 is 32.8 Å². The fourth-order valence-electron chi connectivity index (χ4n) is 5.20. The van der Waals surface area contributed by atoms with Crippen LogP contribution in [0.25, 0.3) is 66.5 Å². The standard InChI is InChI=1S/C28H19N2O.C13H12N.Ir/c1-17-10-12-24-23-8-5-9-25(27(23)31-28(24)30-17)26-16-20(14-15-29-26)22-13-11-19-6-3-4-7-21(19)18(22)2;1-10-3-6-12(7-4-10)13-8-5-11(2)9-14-13;/h3-8,10-16H,1-2H3;3-6,8-9H,1-2H3;/q2*-1;/i2*1D3,2D3;. The number of fused-ring (bicyclic) bond motifs is 4. The molecule has 0 aliphatic heterocycles. The van der Waals surface area contributed by atoms with Crippen molar-refractivity contribution in [1.29, 1.82) is 0 Å². The summed E-state index contributed by atoms with van der Waals surface area (Å²) < 4.78 is 97.4. The van der Waals surface area contributed by atoms with Crippen LogP contribution >= 0.6 is 0 Å². The summed E-state index contributed by atoms with van der Waals surface area (Å²) in [6.07, 6.45) is 2.93. The van der Waals surface area contributed by atoms with Gasteiger partial charge in [-0.1, -0.05) is 72.4 Å². The first kappa shape index (κ1) is 19.5. The molecule has 0 saturated heterocycles. The Balaban J connectivity index is 0.000000230. The number of hydrogen-bond acceptors (Lipinski definition) is 4. The minimum atomic E-state index is -2.35. The Morgan fingerprint density at radius 2 is 1.63 bits per heavy atom. The van der Waals surface area contributed by atoms with Crippen molar-refractivity contribution < 1.29 is 41.0 Å². The molecule has 46 heavy (non-hydrogen) atoms. The van der Waals surface area contributed by atoms with Crippen LogP contribution in [0.2, 0.25) is 0 Å². The van der Waals surface area contributed by atoms with Crippen LogP contribution in [-0.4, -0.2) is 15.0 Å². The van der Waals surface area contributed by atoms with Gasteiger partial charge in [-0.05, 0) is 83.2 Å². The van der Waals surface area contributed by atoms with Crippen LogP contribution in [-0.2, 0) is 20.1 Å². The number of rotatable bonds is 3. The number of hydrogen-bond donors (Lipinski definition) is 0. The van der Waals surface area contributed by atoms with Gasteiger partial charge < -0.3 is 14.4 Å². The minimum absolute atomic E-state index is 0. The van der Waals surface area contributed by atoms with E-state index in [1.807, 2.05) is 48.5 Å². The second-order valence-electron chi connectivity index (χ2n) is 10.3. The van der Waals surface area contributed by atoms with Gasteiger partial charge in [-0.3, -0.25) is 0 Å². The van der Waals surface area contributed by atoms with Gasteiger partial charge in [0.2, 0.25) is 5.71 Å². The first-order valence-corrected chi connectivity index (χ1v) is 14.0. The molecule has 0 bridgehead atoms. The van der Waals surface area contributed by atoms with E-state index >= 15 is 0 Å². The predicted octanol–water partition coefficient (Wildman–Crippen LogP) is 10.4. The zero-order valence-electron chi connectivity index (χ0n) is 36.1. The molecule has 4 nitrogen and oxygen atoms in total. The molecule has 5 heteroatoms. The predicted molar refractivity (Wildman–Crippen MR) is 184 cm³/mol. The van der Waals surface area contributed by atoms with Gasteiger partial charge in [-0.2, -0.15) is 0 Å². The fraction of sp³-hybridized carbons (Fsp3) is 0.0976.